The summed E-state index contributed by atoms with van der Waals surface area (Å²) in [6, 6.07) is 7.33. The Morgan fingerprint density at radius 3 is 2.48 bits per heavy atom. The molecule has 3 amide bonds. The number of rotatable bonds is 2. The van der Waals surface area contributed by atoms with Crippen molar-refractivity contribution in [2.75, 3.05) is 16.3 Å². The van der Waals surface area contributed by atoms with E-state index in [0.717, 1.165) is 0 Å². The predicted octanol–water partition coefficient (Wildman–Crippen LogP) is 1.04. The molecular weight excluding hydrogens is 296 g/mol. The Hall–Kier alpha value is -2.70. The van der Waals surface area contributed by atoms with Crippen LogP contribution in [-0.2, 0) is 14.4 Å². The molecule has 0 unspecified atom stereocenters. The zero-order valence-corrected chi connectivity index (χ0v) is 13.1. The Balaban J connectivity index is 1.97. The molecule has 2 aliphatic heterocycles. The van der Waals surface area contributed by atoms with Crippen LogP contribution in [0.3, 0.4) is 0 Å². The fourth-order valence-corrected chi connectivity index (χ4v) is 2.86. The molecule has 1 N–H and O–H groups in total. The summed E-state index contributed by atoms with van der Waals surface area (Å²) < 4.78 is 0. The van der Waals surface area contributed by atoms with Crippen LogP contribution in [0.4, 0.5) is 11.4 Å². The summed E-state index contributed by atoms with van der Waals surface area (Å²) in [5.74, 6) is -0.677. The summed E-state index contributed by atoms with van der Waals surface area (Å²) in [6.07, 6.45) is 0.511. The molecule has 2 heterocycles. The number of fused-ring (bicyclic) bond motifs is 1. The van der Waals surface area contributed by atoms with Gasteiger partial charge in [0.15, 0.2) is 0 Å². The van der Waals surface area contributed by atoms with Crippen LogP contribution in [0, 0.1) is 0 Å². The van der Waals surface area contributed by atoms with Crippen LogP contribution < -0.4 is 15.2 Å². The van der Waals surface area contributed by atoms with Gasteiger partial charge in [-0.15, -0.1) is 0 Å². The van der Waals surface area contributed by atoms with Gasteiger partial charge in [-0.05, 0) is 26.0 Å². The lowest BCUT2D eigenvalue weighted by atomic mass is 10.1. The number of benzene rings is 1. The first-order valence-electron chi connectivity index (χ1n) is 7.57. The average molecular weight is 314 g/mol. The lowest BCUT2D eigenvalue weighted by Crippen LogP contribution is -2.52. The fraction of sp³-hybridized carbons (Fsp3) is 0.375. The summed E-state index contributed by atoms with van der Waals surface area (Å²) in [5, 5.41) is 3.84. The number of nitrogens with zero attached hydrogens (tertiary/aromatic N) is 3. The molecule has 0 saturated carbocycles. The van der Waals surface area contributed by atoms with Gasteiger partial charge in [0.25, 0.3) is 5.91 Å². The van der Waals surface area contributed by atoms with Gasteiger partial charge in [-0.25, -0.2) is 5.43 Å². The summed E-state index contributed by atoms with van der Waals surface area (Å²) in [7, 11) is 0. The van der Waals surface area contributed by atoms with Crippen LogP contribution in [0.15, 0.2) is 29.4 Å². The van der Waals surface area contributed by atoms with Crippen molar-refractivity contribution in [3.8, 4) is 0 Å². The molecule has 0 aliphatic carbocycles. The number of carbonyl (C=O) groups excluding carboxylic acids is 3. The molecule has 0 saturated heterocycles. The van der Waals surface area contributed by atoms with Crippen molar-refractivity contribution in [1.82, 2.24) is 5.43 Å². The quantitative estimate of drug-likeness (QED) is 0.885. The van der Waals surface area contributed by atoms with E-state index >= 15 is 0 Å². The average Bonchev–Trinajstić information content (AvgIpc) is 2.53. The van der Waals surface area contributed by atoms with Crippen molar-refractivity contribution in [1.29, 1.82) is 0 Å². The SMILES string of the molecule is CC(C)N1C(=O)CN(C(=O)C2=NNC(=O)CC2)c2ccccc21. The van der Waals surface area contributed by atoms with Crippen molar-refractivity contribution in [2.45, 2.75) is 32.7 Å². The van der Waals surface area contributed by atoms with Crippen LogP contribution >= 0.6 is 0 Å². The lowest BCUT2D eigenvalue weighted by Gasteiger charge is -2.38. The van der Waals surface area contributed by atoms with Crippen molar-refractivity contribution in [3.05, 3.63) is 24.3 Å². The molecule has 0 aromatic heterocycles. The number of amides is 3. The lowest BCUT2D eigenvalue weighted by molar-refractivity contribution is -0.122. The van der Waals surface area contributed by atoms with Gasteiger partial charge < -0.3 is 4.90 Å². The van der Waals surface area contributed by atoms with Gasteiger partial charge in [-0.3, -0.25) is 19.3 Å². The first-order chi connectivity index (χ1) is 11.0. The zero-order valence-electron chi connectivity index (χ0n) is 13.1. The highest BCUT2D eigenvalue weighted by atomic mass is 16.2. The van der Waals surface area contributed by atoms with Gasteiger partial charge in [0.1, 0.15) is 12.3 Å². The first-order valence-corrected chi connectivity index (χ1v) is 7.57. The fourth-order valence-electron chi connectivity index (χ4n) is 2.86. The molecule has 3 rings (SSSR count). The van der Waals surface area contributed by atoms with Crippen LogP contribution in [0.1, 0.15) is 26.7 Å². The van der Waals surface area contributed by atoms with Gasteiger partial charge in [-0.1, -0.05) is 12.1 Å². The summed E-state index contributed by atoms with van der Waals surface area (Å²) in [6.45, 7) is 3.85. The number of carbonyl (C=O) groups is 3. The van der Waals surface area contributed by atoms with Gasteiger partial charge in [-0.2, -0.15) is 5.10 Å². The third kappa shape index (κ3) is 2.69. The summed E-state index contributed by atoms with van der Waals surface area (Å²) >= 11 is 0. The number of nitrogens with one attached hydrogen (secondary N) is 1. The van der Waals surface area contributed by atoms with E-state index in [9.17, 15) is 14.4 Å². The molecule has 7 heteroatoms. The molecule has 0 atom stereocenters. The molecule has 0 fully saturated rings. The molecule has 0 bridgehead atoms. The van der Waals surface area contributed by atoms with E-state index in [1.54, 1.807) is 4.90 Å². The highest BCUT2D eigenvalue weighted by Crippen LogP contribution is 2.34. The number of hydrazone groups is 1. The smallest absolute Gasteiger partial charge is 0.275 e. The molecule has 0 spiro atoms. The van der Waals surface area contributed by atoms with Crippen molar-refractivity contribution in [2.24, 2.45) is 5.10 Å². The second-order valence-corrected chi connectivity index (χ2v) is 5.83. The molecule has 7 nitrogen and oxygen atoms in total. The Kier molecular flexibility index (Phi) is 3.85. The molecule has 1 aromatic rings. The minimum Gasteiger partial charge on any atom is -0.306 e. The van der Waals surface area contributed by atoms with E-state index in [1.165, 1.54) is 4.90 Å². The summed E-state index contributed by atoms with van der Waals surface area (Å²) in [4.78, 5) is 39.5. The number of anilines is 2. The van der Waals surface area contributed by atoms with E-state index in [0.29, 0.717) is 11.4 Å². The normalized spacial score (nSPS) is 17.8. The minimum absolute atomic E-state index is 0.00668. The Morgan fingerprint density at radius 1 is 1.17 bits per heavy atom. The number of hydrogen-bond acceptors (Lipinski definition) is 4. The van der Waals surface area contributed by atoms with Gasteiger partial charge >= 0.3 is 0 Å². The van der Waals surface area contributed by atoms with Crippen molar-refractivity contribution < 1.29 is 14.4 Å². The van der Waals surface area contributed by atoms with Gasteiger partial charge in [0.05, 0.1) is 11.4 Å². The second kappa shape index (κ2) is 5.83. The predicted molar refractivity (Wildman–Crippen MR) is 86.2 cm³/mol. The van der Waals surface area contributed by atoms with Crippen molar-refractivity contribution >= 4 is 34.8 Å². The van der Waals surface area contributed by atoms with E-state index in [2.05, 4.69) is 10.5 Å². The maximum atomic E-state index is 12.7. The van der Waals surface area contributed by atoms with Crippen LogP contribution in [0.2, 0.25) is 0 Å². The molecule has 120 valence electrons. The molecule has 1 aromatic carbocycles. The van der Waals surface area contributed by atoms with Crippen LogP contribution in [-0.4, -0.2) is 36.0 Å². The molecule has 2 aliphatic rings. The van der Waals surface area contributed by atoms with Crippen LogP contribution in [0.25, 0.3) is 0 Å². The number of hydrogen-bond donors (Lipinski definition) is 1. The van der Waals surface area contributed by atoms with Crippen molar-refractivity contribution in [3.63, 3.8) is 0 Å². The first kappa shape index (κ1) is 15.2. The monoisotopic (exact) mass is 314 g/mol. The van der Waals surface area contributed by atoms with E-state index in [4.69, 9.17) is 0 Å². The van der Waals surface area contributed by atoms with E-state index in [-0.39, 0.29) is 48.9 Å². The highest BCUT2D eigenvalue weighted by molar-refractivity contribution is 6.45. The van der Waals surface area contributed by atoms with Gasteiger partial charge in [0.2, 0.25) is 11.8 Å². The van der Waals surface area contributed by atoms with E-state index < -0.39 is 0 Å². The third-order valence-corrected chi connectivity index (χ3v) is 3.91. The maximum Gasteiger partial charge on any atom is 0.275 e. The largest absolute Gasteiger partial charge is 0.306 e. The molecular formula is C16H18N4O3. The second-order valence-electron chi connectivity index (χ2n) is 5.83. The topological polar surface area (TPSA) is 82.1 Å². The zero-order chi connectivity index (χ0) is 16.6. The molecule has 0 radical (unpaired) electrons. The number of para-hydroxylation sites is 2. The Morgan fingerprint density at radius 2 is 1.87 bits per heavy atom. The standard InChI is InChI=1S/C16H18N4O3/c1-10(2)20-13-6-4-3-5-12(13)19(9-15(20)22)16(23)11-7-8-14(21)18-17-11/h3-6,10H,7-9H2,1-2H3,(H,18,21). The van der Waals surface area contributed by atoms with Gasteiger partial charge in [0, 0.05) is 18.9 Å². The third-order valence-electron chi connectivity index (χ3n) is 3.91. The summed E-state index contributed by atoms with van der Waals surface area (Å²) in [5.41, 5.74) is 3.99. The Labute approximate surface area is 133 Å². The minimum atomic E-state index is -0.339. The maximum absolute atomic E-state index is 12.7. The highest BCUT2D eigenvalue weighted by Gasteiger charge is 2.35. The van der Waals surface area contributed by atoms with Crippen LogP contribution in [0.5, 0.6) is 0 Å². The molecule has 23 heavy (non-hydrogen) atoms. The van der Waals surface area contributed by atoms with E-state index in [1.807, 2.05) is 38.1 Å². The Bertz CT molecular complexity index is 711.